The van der Waals surface area contributed by atoms with E-state index in [1.807, 2.05) is 13.8 Å². The van der Waals surface area contributed by atoms with E-state index in [1.54, 1.807) is 0 Å². The Morgan fingerprint density at radius 1 is 1.29 bits per heavy atom. The van der Waals surface area contributed by atoms with Gasteiger partial charge in [0.2, 0.25) is 11.8 Å². The molecule has 2 aromatic rings. The predicted octanol–water partition coefficient (Wildman–Crippen LogP) is 3.82. The minimum atomic E-state index is -4.39. The van der Waals surface area contributed by atoms with Crippen LogP contribution in [0.5, 0.6) is 0 Å². The van der Waals surface area contributed by atoms with Crippen LogP contribution in [0.15, 0.2) is 28.7 Å². The van der Waals surface area contributed by atoms with Gasteiger partial charge in [-0.1, -0.05) is 13.0 Å². The Balaban J connectivity index is 2.22. The normalized spacial score (nSPS) is 13.4. The van der Waals surface area contributed by atoms with Crippen LogP contribution < -0.4 is 5.32 Å². The molecule has 0 radical (unpaired) electrons. The maximum atomic E-state index is 12.7. The SMILES string of the molecule is CCCNC(C)c1nnc(-c2cccc(C(F)(F)F)c2)o1. The summed E-state index contributed by atoms with van der Waals surface area (Å²) in [5, 5.41) is 10.9. The van der Waals surface area contributed by atoms with Crippen LogP contribution in [0.25, 0.3) is 11.5 Å². The Labute approximate surface area is 120 Å². The van der Waals surface area contributed by atoms with Crippen molar-refractivity contribution in [2.24, 2.45) is 0 Å². The predicted molar refractivity (Wildman–Crippen MR) is 71.4 cm³/mol. The van der Waals surface area contributed by atoms with E-state index in [1.165, 1.54) is 12.1 Å². The molecule has 0 aliphatic heterocycles. The molecule has 1 unspecified atom stereocenters. The van der Waals surface area contributed by atoms with E-state index in [0.717, 1.165) is 25.1 Å². The molecule has 114 valence electrons. The van der Waals surface area contributed by atoms with Gasteiger partial charge < -0.3 is 9.73 Å². The molecular weight excluding hydrogens is 283 g/mol. The highest BCUT2D eigenvalue weighted by Gasteiger charge is 2.30. The molecule has 2 rings (SSSR count). The van der Waals surface area contributed by atoms with Gasteiger partial charge in [0, 0.05) is 5.56 Å². The zero-order valence-corrected chi connectivity index (χ0v) is 11.7. The average molecular weight is 299 g/mol. The molecule has 1 aromatic heterocycles. The van der Waals surface area contributed by atoms with Crippen molar-refractivity contribution in [1.29, 1.82) is 0 Å². The van der Waals surface area contributed by atoms with E-state index < -0.39 is 11.7 Å². The molecule has 1 N–H and O–H groups in total. The lowest BCUT2D eigenvalue weighted by Crippen LogP contribution is -2.19. The average Bonchev–Trinajstić information content (AvgIpc) is 2.94. The fraction of sp³-hybridized carbons (Fsp3) is 0.429. The van der Waals surface area contributed by atoms with Crippen molar-refractivity contribution in [3.05, 3.63) is 35.7 Å². The van der Waals surface area contributed by atoms with Crippen LogP contribution in [0.1, 0.15) is 37.8 Å². The second kappa shape index (κ2) is 6.26. The number of benzene rings is 1. The number of alkyl halides is 3. The molecule has 0 saturated carbocycles. The highest BCUT2D eigenvalue weighted by Crippen LogP contribution is 2.32. The maximum absolute atomic E-state index is 12.7. The Kier molecular flexibility index (Phi) is 4.62. The Morgan fingerprint density at radius 2 is 2.05 bits per heavy atom. The van der Waals surface area contributed by atoms with Gasteiger partial charge in [-0.3, -0.25) is 0 Å². The van der Waals surface area contributed by atoms with E-state index in [9.17, 15) is 13.2 Å². The van der Waals surface area contributed by atoms with Gasteiger partial charge in [0.25, 0.3) is 0 Å². The molecule has 21 heavy (non-hydrogen) atoms. The van der Waals surface area contributed by atoms with E-state index in [0.29, 0.717) is 5.89 Å². The molecule has 0 fully saturated rings. The largest absolute Gasteiger partial charge is 0.419 e. The topological polar surface area (TPSA) is 51.0 Å². The highest BCUT2D eigenvalue weighted by molar-refractivity contribution is 5.54. The first-order valence-corrected chi connectivity index (χ1v) is 6.66. The Hall–Kier alpha value is -1.89. The maximum Gasteiger partial charge on any atom is 0.416 e. The molecular formula is C14H16F3N3O. The van der Waals surface area contributed by atoms with Crippen LogP contribution in [0.3, 0.4) is 0 Å². The molecule has 0 bridgehead atoms. The van der Waals surface area contributed by atoms with Crippen LogP contribution in [0.4, 0.5) is 13.2 Å². The lowest BCUT2D eigenvalue weighted by atomic mass is 10.1. The number of nitrogens with zero attached hydrogens (tertiary/aromatic N) is 2. The molecule has 1 atom stereocenters. The summed E-state index contributed by atoms with van der Waals surface area (Å²) >= 11 is 0. The van der Waals surface area contributed by atoms with Gasteiger partial charge in [-0.25, -0.2) is 0 Å². The van der Waals surface area contributed by atoms with Crippen LogP contribution in [0, 0.1) is 0 Å². The summed E-state index contributed by atoms with van der Waals surface area (Å²) in [6.07, 6.45) is -3.44. The summed E-state index contributed by atoms with van der Waals surface area (Å²) < 4.78 is 43.5. The van der Waals surface area contributed by atoms with Crippen molar-refractivity contribution < 1.29 is 17.6 Å². The van der Waals surface area contributed by atoms with Crippen LogP contribution >= 0.6 is 0 Å². The number of hydrogen-bond acceptors (Lipinski definition) is 4. The Bertz CT molecular complexity index is 595. The fourth-order valence-corrected chi connectivity index (χ4v) is 1.80. The summed E-state index contributed by atoms with van der Waals surface area (Å²) in [6.45, 7) is 4.68. The van der Waals surface area contributed by atoms with Crippen molar-refractivity contribution in [2.75, 3.05) is 6.54 Å². The molecule has 0 amide bonds. The van der Waals surface area contributed by atoms with Gasteiger partial charge in [-0.05, 0) is 38.1 Å². The van der Waals surface area contributed by atoms with Crippen molar-refractivity contribution >= 4 is 0 Å². The monoisotopic (exact) mass is 299 g/mol. The molecule has 7 heteroatoms. The van der Waals surface area contributed by atoms with E-state index in [4.69, 9.17) is 4.42 Å². The molecule has 1 aromatic carbocycles. The fourth-order valence-electron chi connectivity index (χ4n) is 1.80. The van der Waals surface area contributed by atoms with Gasteiger partial charge in [0.15, 0.2) is 0 Å². The third-order valence-electron chi connectivity index (χ3n) is 2.95. The third-order valence-corrected chi connectivity index (χ3v) is 2.95. The quantitative estimate of drug-likeness (QED) is 0.912. The molecule has 1 heterocycles. The standard InChI is InChI=1S/C14H16F3N3O/c1-3-7-18-9(2)12-19-20-13(21-12)10-5-4-6-11(8-10)14(15,16)17/h4-6,8-9,18H,3,7H2,1-2H3. The summed E-state index contributed by atoms with van der Waals surface area (Å²) in [7, 11) is 0. The zero-order chi connectivity index (χ0) is 15.5. The third kappa shape index (κ3) is 3.81. The Morgan fingerprint density at radius 3 is 2.71 bits per heavy atom. The molecule has 0 saturated heterocycles. The summed E-state index contributed by atoms with van der Waals surface area (Å²) in [4.78, 5) is 0. The number of nitrogens with one attached hydrogen (secondary N) is 1. The lowest BCUT2D eigenvalue weighted by Gasteiger charge is -2.08. The van der Waals surface area contributed by atoms with Crippen LogP contribution in [-0.4, -0.2) is 16.7 Å². The molecule has 0 aliphatic rings. The smallest absolute Gasteiger partial charge is 0.416 e. The minimum absolute atomic E-state index is 0.0845. The van der Waals surface area contributed by atoms with E-state index in [2.05, 4.69) is 15.5 Å². The van der Waals surface area contributed by atoms with E-state index >= 15 is 0 Å². The second-order valence-corrected chi connectivity index (χ2v) is 4.70. The molecule has 0 aliphatic carbocycles. The van der Waals surface area contributed by atoms with Crippen LogP contribution in [0.2, 0.25) is 0 Å². The number of halogens is 3. The van der Waals surface area contributed by atoms with Gasteiger partial charge in [0.05, 0.1) is 11.6 Å². The lowest BCUT2D eigenvalue weighted by molar-refractivity contribution is -0.137. The summed E-state index contributed by atoms with van der Waals surface area (Å²) in [5.41, 5.74) is -0.483. The zero-order valence-electron chi connectivity index (χ0n) is 11.7. The molecule has 0 spiro atoms. The van der Waals surface area contributed by atoms with Crippen molar-refractivity contribution in [2.45, 2.75) is 32.5 Å². The first-order chi connectivity index (χ1) is 9.91. The van der Waals surface area contributed by atoms with Crippen molar-refractivity contribution in [1.82, 2.24) is 15.5 Å². The number of hydrogen-bond donors (Lipinski definition) is 1. The number of aromatic nitrogens is 2. The first kappa shape index (κ1) is 15.5. The van der Waals surface area contributed by atoms with Crippen molar-refractivity contribution in [3.8, 4) is 11.5 Å². The number of rotatable bonds is 5. The van der Waals surface area contributed by atoms with Gasteiger partial charge >= 0.3 is 6.18 Å². The second-order valence-electron chi connectivity index (χ2n) is 4.70. The van der Waals surface area contributed by atoms with Gasteiger partial charge in [0.1, 0.15) is 0 Å². The highest BCUT2D eigenvalue weighted by atomic mass is 19.4. The summed E-state index contributed by atoms with van der Waals surface area (Å²) in [6, 6.07) is 4.70. The van der Waals surface area contributed by atoms with E-state index in [-0.39, 0.29) is 17.5 Å². The summed E-state index contributed by atoms with van der Waals surface area (Å²) in [5.74, 6) is 0.442. The van der Waals surface area contributed by atoms with Crippen molar-refractivity contribution in [3.63, 3.8) is 0 Å². The van der Waals surface area contributed by atoms with Gasteiger partial charge in [-0.15, -0.1) is 10.2 Å². The first-order valence-electron chi connectivity index (χ1n) is 6.66. The minimum Gasteiger partial charge on any atom is -0.419 e. The molecule has 4 nitrogen and oxygen atoms in total. The van der Waals surface area contributed by atoms with Gasteiger partial charge in [-0.2, -0.15) is 13.2 Å². The van der Waals surface area contributed by atoms with Crippen LogP contribution in [-0.2, 0) is 6.18 Å².